The number of ether oxygens (including phenoxy) is 1. The Balaban J connectivity index is 2.31. The largest absolute Gasteiger partial charge is 0.465 e. The molecule has 0 spiro atoms. The molecule has 2 rings (SSSR count). The van der Waals surface area contributed by atoms with Crippen LogP contribution in [0, 0.1) is 0 Å². The maximum atomic E-state index is 11.4. The van der Waals surface area contributed by atoms with E-state index in [1.165, 1.54) is 7.11 Å². The highest BCUT2D eigenvalue weighted by molar-refractivity contribution is 5.96. The first-order chi connectivity index (χ1) is 9.26. The van der Waals surface area contributed by atoms with Crippen LogP contribution >= 0.6 is 0 Å². The van der Waals surface area contributed by atoms with E-state index in [2.05, 4.69) is 25.0 Å². The fourth-order valence-corrected chi connectivity index (χ4v) is 1.66. The average molecular weight is 257 g/mol. The third-order valence-electron chi connectivity index (χ3n) is 2.54. The Kier molecular flexibility index (Phi) is 3.80. The lowest BCUT2D eigenvalue weighted by atomic mass is 10.1. The number of rotatable bonds is 4. The second-order valence-corrected chi connectivity index (χ2v) is 3.68. The number of benzene rings is 1. The number of hydrogen-bond acceptors (Lipinski definition) is 4. The number of azide groups is 1. The van der Waals surface area contributed by atoms with Gasteiger partial charge in [0.2, 0.25) is 0 Å². The molecule has 0 aliphatic heterocycles. The molecular formula is C12H11N5O2. The summed E-state index contributed by atoms with van der Waals surface area (Å²) in [6, 6.07) is 5.14. The number of nitrogens with zero attached hydrogens (tertiary/aromatic N) is 4. The van der Waals surface area contributed by atoms with E-state index in [1.807, 2.05) is 0 Å². The van der Waals surface area contributed by atoms with E-state index in [9.17, 15) is 4.79 Å². The molecule has 1 aromatic heterocycles. The predicted octanol–water partition coefficient (Wildman–Crippen LogP) is 2.67. The van der Waals surface area contributed by atoms with Crippen molar-refractivity contribution in [2.75, 3.05) is 13.7 Å². The molecule has 0 aliphatic rings. The molecule has 1 heterocycles. The van der Waals surface area contributed by atoms with Crippen LogP contribution < -0.4 is 0 Å². The molecule has 0 amide bonds. The molecule has 7 heteroatoms. The van der Waals surface area contributed by atoms with Crippen LogP contribution in [0.2, 0.25) is 0 Å². The first-order valence-corrected chi connectivity index (χ1v) is 5.50. The summed E-state index contributed by atoms with van der Waals surface area (Å²) in [5, 5.41) is 11.2. The lowest BCUT2D eigenvalue weighted by Gasteiger charge is -1.98. The van der Waals surface area contributed by atoms with Gasteiger partial charge >= 0.3 is 5.97 Å². The fraction of sp³-hybridized carbons (Fsp3) is 0.167. The van der Waals surface area contributed by atoms with Crippen molar-refractivity contribution < 1.29 is 9.53 Å². The highest BCUT2D eigenvalue weighted by atomic mass is 16.5. The standard InChI is InChI=1S/C12H11N5O2/c1-19-12(18)8-4-5-9-10(3-2-6-14-17-13)15-16-11(9)7-8/h2-5,7H,6H2,1H3,(H,15,16). The molecule has 0 saturated heterocycles. The Hall–Kier alpha value is -2.79. The minimum absolute atomic E-state index is 0.269. The normalized spacial score (nSPS) is 10.6. The molecule has 0 radical (unpaired) electrons. The Morgan fingerprint density at radius 1 is 1.63 bits per heavy atom. The Labute approximate surface area is 108 Å². The van der Waals surface area contributed by atoms with Gasteiger partial charge in [-0.3, -0.25) is 5.10 Å². The van der Waals surface area contributed by atoms with Gasteiger partial charge in [-0.05, 0) is 29.8 Å². The molecule has 1 N–H and O–H groups in total. The molecule has 0 atom stereocenters. The number of aromatic nitrogens is 2. The topological polar surface area (TPSA) is 104 Å². The van der Waals surface area contributed by atoms with Gasteiger partial charge in [0.25, 0.3) is 0 Å². The third kappa shape index (κ3) is 2.72. The summed E-state index contributed by atoms with van der Waals surface area (Å²) < 4.78 is 4.65. The number of hydrogen-bond donors (Lipinski definition) is 1. The number of aromatic amines is 1. The quantitative estimate of drug-likeness (QED) is 0.394. The second-order valence-electron chi connectivity index (χ2n) is 3.68. The van der Waals surface area contributed by atoms with Gasteiger partial charge in [0, 0.05) is 16.8 Å². The van der Waals surface area contributed by atoms with Crippen LogP contribution in [-0.4, -0.2) is 29.8 Å². The van der Waals surface area contributed by atoms with E-state index in [0.717, 1.165) is 16.6 Å². The zero-order valence-electron chi connectivity index (χ0n) is 10.2. The molecule has 7 nitrogen and oxygen atoms in total. The SMILES string of the molecule is COC(=O)c1ccc2c(C=CCN=[N+]=[N-])n[nH]c2c1. The van der Waals surface area contributed by atoms with Crippen LogP contribution in [0.15, 0.2) is 29.4 Å². The summed E-state index contributed by atoms with van der Waals surface area (Å²) in [5.74, 6) is -0.392. The van der Waals surface area contributed by atoms with E-state index in [-0.39, 0.29) is 6.54 Å². The Morgan fingerprint density at radius 2 is 2.47 bits per heavy atom. The van der Waals surface area contributed by atoms with Crippen LogP contribution in [0.4, 0.5) is 0 Å². The van der Waals surface area contributed by atoms with Crippen LogP contribution in [-0.2, 0) is 4.74 Å². The molecular weight excluding hydrogens is 246 g/mol. The minimum Gasteiger partial charge on any atom is -0.465 e. The lowest BCUT2D eigenvalue weighted by Crippen LogP contribution is -2.00. The van der Waals surface area contributed by atoms with Crippen LogP contribution in [0.5, 0.6) is 0 Å². The van der Waals surface area contributed by atoms with E-state index < -0.39 is 5.97 Å². The summed E-state index contributed by atoms with van der Waals surface area (Å²) >= 11 is 0. The van der Waals surface area contributed by atoms with Gasteiger partial charge in [-0.25, -0.2) is 4.79 Å². The highest BCUT2D eigenvalue weighted by Gasteiger charge is 2.08. The number of carbonyl (C=O) groups is 1. The number of nitrogens with one attached hydrogen (secondary N) is 1. The van der Waals surface area contributed by atoms with Crippen molar-refractivity contribution in [3.63, 3.8) is 0 Å². The van der Waals surface area contributed by atoms with Crippen LogP contribution in [0.1, 0.15) is 16.1 Å². The van der Waals surface area contributed by atoms with Crippen molar-refractivity contribution in [2.24, 2.45) is 5.11 Å². The summed E-state index contributed by atoms with van der Waals surface area (Å²) in [6.07, 6.45) is 3.47. The van der Waals surface area contributed by atoms with Gasteiger partial charge in [-0.1, -0.05) is 11.2 Å². The van der Waals surface area contributed by atoms with E-state index in [4.69, 9.17) is 5.53 Å². The number of carbonyl (C=O) groups excluding carboxylic acids is 1. The van der Waals surface area contributed by atoms with E-state index in [0.29, 0.717) is 5.56 Å². The fourth-order valence-electron chi connectivity index (χ4n) is 1.66. The maximum Gasteiger partial charge on any atom is 0.337 e. The molecule has 19 heavy (non-hydrogen) atoms. The molecule has 0 saturated carbocycles. The smallest absolute Gasteiger partial charge is 0.337 e. The van der Waals surface area contributed by atoms with Crippen molar-refractivity contribution in [2.45, 2.75) is 0 Å². The van der Waals surface area contributed by atoms with Gasteiger partial charge in [0.05, 0.1) is 23.9 Å². The second kappa shape index (κ2) is 5.70. The summed E-state index contributed by atoms with van der Waals surface area (Å²) in [4.78, 5) is 14.0. The monoisotopic (exact) mass is 257 g/mol. The molecule has 2 aromatic rings. The first-order valence-electron chi connectivity index (χ1n) is 5.50. The van der Waals surface area contributed by atoms with Crippen molar-refractivity contribution >= 4 is 22.9 Å². The summed E-state index contributed by atoms with van der Waals surface area (Å²) in [5.41, 5.74) is 10.1. The van der Waals surface area contributed by atoms with Gasteiger partial charge in [0.1, 0.15) is 0 Å². The van der Waals surface area contributed by atoms with Gasteiger partial charge in [0.15, 0.2) is 0 Å². The van der Waals surface area contributed by atoms with Gasteiger partial charge in [-0.15, -0.1) is 0 Å². The third-order valence-corrected chi connectivity index (χ3v) is 2.54. The van der Waals surface area contributed by atoms with Crippen molar-refractivity contribution in [1.29, 1.82) is 0 Å². The number of H-pyrrole nitrogens is 1. The molecule has 0 fully saturated rings. The van der Waals surface area contributed by atoms with E-state index >= 15 is 0 Å². The molecule has 0 bridgehead atoms. The molecule has 0 aliphatic carbocycles. The Bertz CT molecular complexity index is 682. The summed E-state index contributed by atoms with van der Waals surface area (Å²) in [6.45, 7) is 0.269. The van der Waals surface area contributed by atoms with Crippen molar-refractivity contribution in [3.05, 3.63) is 46.0 Å². The zero-order valence-corrected chi connectivity index (χ0v) is 10.2. The van der Waals surface area contributed by atoms with Crippen molar-refractivity contribution in [1.82, 2.24) is 10.2 Å². The van der Waals surface area contributed by atoms with Gasteiger partial charge in [-0.2, -0.15) is 5.10 Å². The van der Waals surface area contributed by atoms with E-state index in [1.54, 1.807) is 30.4 Å². The molecule has 96 valence electrons. The minimum atomic E-state index is -0.392. The Morgan fingerprint density at radius 3 is 3.21 bits per heavy atom. The average Bonchev–Trinajstić information content (AvgIpc) is 2.85. The number of esters is 1. The number of methoxy groups -OCH3 is 1. The van der Waals surface area contributed by atoms with Crippen LogP contribution in [0.3, 0.4) is 0 Å². The molecule has 0 unspecified atom stereocenters. The molecule has 1 aromatic carbocycles. The lowest BCUT2D eigenvalue weighted by molar-refractivity contribution is 0.0601. The van der Waals surface area contributed by atoms with Crippen molar-refractivity contribution in [3.8, 4) is 0 Å². The highest BCUT2D eigenvalue weighted by Crippen LogP contribution is 2.19. The predicted molar refractivity (Wildman–Crippen MR) is 70.5 cm³/mol. The summed E-state index contributed by atoms with van der Waals surface area (Å²) in [7, 11) is 1.34. The number of fused-ring (bicyclic) bond motifs is 1. The van der Waals surface area contributed by atoms with Crippen LogP contribution in [0.25, 0.3) is 27.4 Å². The van der Waals surface area contributed by atoms with Gasteiger partial charge < -0.3 is 4.74 Å². The zero-order chi connectivity index (χ0) is 13.7. The maximum absolute atomic E-state index is 11.4. The first kappa shape index (κ1) is 12.7.